The molecule has 0 aliphatic carbocycles. The number of aromatic nitrogens is 1. The van der Waals surface area contributed by atoms with Gasteiger partial charge in [0.15, 0.2) is 0 Å². The monoisotopic (exact) mass is 368 g/mol. The van der Waals surface area contributed by atoms with Gasteiger partial charge in [-0.25, -0.2) is 4.98 Å². The number of allylic oxidation sites excluding steroid dienone is 2. The van der Waals surface area contributed by atoms with E-state index in [1.54, 1.807) is 19.1 Å². The zero-order valence-electron chi connectivity index (χ0n) is 15.2. The normalized spacial score (nSPS) is 16.9. The first-order valence-corrected chi connectivity index (χ1v) is 9.72. The number of aliphatic hydroxyl groups is 1. The quantitative estimate of drug-likeness (QED) is 0.846. The van der Waals surface area contributed by atoms with Gasteiger partial charge in [-0.3, -0.25) is 4.79 Å². The first-order valence-electron chi connectivity index (χ1n) is 8.90. The van der Waals surface area contributed by atoms with Crippen LogP contribution in [-0.4, -0.2) is 34.0 Å². The minimum atomic E-state index is 0.104. The molecule has 136 valence electrons. The van der Waals surface area contributed by atoms with Crippen LogP contribution < -0.4 is 9.88 Å². The molecule has 0 bridgehead atoms. The predicted octanol–water partition coefficient (Wildman–Crippen LogP) is 3.33. The van der Waals surface area contributed by atoms with Crippen LogP contribution in [0.1, 0.15) is 37.0 Å². The van der Waals surface area contributed by atoms with Crippen molar-refractivity contribution in [2.45, 2.75) is 26.7 Å². The Bertz CT molecular complexity index is 920. The number of carbonyl (C=O) groups is 1. The van der Waals surface area contributed by atoms with Gasteiger partial charge in [0.05, 0.1) is 9.88 Å². The Kier molecular flexibility index (Phi) is 5.57. The van der Waals surface area contributed by atoms with Gasteiger partial charge in [-0.1, -0.05) is 25.6 Å². The molecule has 0 unspecified atom stereocenters. The third kappa shape index (κ3) is 4.05. The fourth-order valence-electron chi connectivity index (χ4n) is 2.97. The second-order valence-electron chi connectivity index (χ2n) is 6.74. The molecular formula is C21H24N2O2S. The van der Waals surface area contributed by atoms with E-state index < -0.39 is 0 Å². The summed E-state index contributed by atoms with van der Waals surface area (Å²) >= 11 is 1.47. The summed E-state index contributed by atoms with van der Waals surface area (Å²) < 4.78 is 0.832. The number of piperidine rings is 1. The van der Waals surface area contributed by atoms with E-state index >= 15 is 0 Å². The molecule has 4 nitrogen and oxygen atoms in total. The second-order valence-corrected chi connectivity index (χ2v) is 7.77. The molecule has 1 N–H and O–H groups in total. The molecule has 0 spiro atoms. The Labute approximate surface area is 157 Å². The van der Waals surface area contributed by atoms with Gasteiger partial charge in [0.25, 0.3) is 5.91 Å². The molecule has 2 heterocycles. The van der Waals surface area contributed by atoms with Crippen molar-refractivity contribution in [2.24, 2.45) is 5.92 Å². The van der Waals surface area contributed by atoms with Crippen molar-refractivity contribution in [2.75, 3.05) is 13.1 Å². The zero-order valence-corrected chi connectivity index (χ0v) is 16.1. The topological polar surface area (TPSA) is 53.4 Å². The number of hydrogen-bond acceptors (Lipinski definition) is 4. The number of thiazole rings is 1. The SMILES string of the molecule is C=c1nc(-c2ccc(C(=O)N3CCC(C)CC3)cc2)s/c1=C/C(O)=C\C. The molecule has 1 aromatic heterocycles. The minimum Gasteiger partial charge on any atom is -0.508 e. The number of likely N-dealkylation sites (tertiary alicyclic amines) is 1. The lowest BCUT2D eigenvalue weighted by molar-refractivity contribution is 0.0697. The van der Waals surface area contributed by atoms with Gasteiger partial charge in [-0.15, -0.1) is 11.3 Å². The van der Waals surface area contributed by atoms with Crippen LogP contribution in [0, 0.1) is 5.92 Å². The molecule has 1 aliphatic rings. The van der Waals surface area contributed by atoms with Crippen molar-refractivity contribution >= 4 is 29.9 Å². The standard InChI is InChI=1S/C21H24N2O2S/c1-4-18(24)13-19-15(3)22-20(26-19)16-5-7-17(8-6-16)21(25)23-11-9-14(2)10-12-23/h4-8,13-14,24H,3,9-12H2,1-2H3/b18-4+,19-13+. The van der Waals surface area contributed by atoms with Crippen molar-refractivity contribution < 1.29 is 9.90 Å². The Balaban J connectivity index is 1.80. The molecule has 1 saturated heterocycles. The van der Waals surface area contributed by atoms with Gasteiger partial charge in [-0.05, 0) is 50.0 Å². The number of carbonyl (C=O) groups excluding carboxylic acids is 1. The van der Waals surface area contributed by atoms with Crippen molar-refractivity contribution in [3.8, 4) is 10.6 Å². The molecule has 26 heavy (non-hydrogen) atoms. The van der Waals surface area contributed by atoms with E-state index in [1.165, 1.54) is 11.3 Å². The average Bonchev–Trinajstić information content (AvgIpc) is 3.02. The van der Waals surface area contributed by atoms with E-state index in [9.17, 15) is 9.90 Å². The Morgan fingerprint density at radius 3 is 2.58 bits per heavy atom. The van der Waals surface area contributed by atoms with Gasteiger partial charge >= 0.3 is 0 Å². The van der Waals surface area contributed by atoms with Crippen LogP contribution in [0.5, 0.6) is 0 Å². The first kappa shape index (κ1) is 18.4. The molecule has 1 aromatic carbocycles. The van der Waals surface area contributed by atoms with Crippen LogP contribution in [0.4, 0.5) is 0 Å². The van der Waals surface area contributed by atoms with Gasteiger partial charge < -0.3 is 10.0 Å². The van der Waals surface area contributed by atoms with Gasteiger partial charge in [0.1, 0.15) is 10.8 Å². The Hall–Kier alpha value is -2.40. The summed E-state index contributed by atoms with van der Waals surface area (Å²) in [5.74, 6) is 1.01. The van der Waals surface area contributed by atoms with Gasteiger partial charge in [0, 0.05) is 24.2 Å². The van der Waals surface area contributed by atoms with Crippen molar-refractivity contribution in [1.82, 2.24) is 9.88 Å². The van der Waals surface area contributed by atoms with E-state index in [0.717, 1.165) is 41.0 Å². The summed E-state index contributed by atoms with van der Waals surface area (Å²) in [6.07, 6.45) is 5.44. The van der Waals surface area contributed by atoms with E-state index in [-0.39, 0.29) is 11.7 Å². The van der Waals surface area contributed by atoms with Gasteiger partial charge in [0.2, 0.25) is 0 Å². The van der Waals surface area contributed by atoms with E-state index in [2.05, 4.69) is 18.5 Å². The number of aliphatic hydroxyl groups excluding tert-OH is 1. The highest BCUT2D eigenvalue weighted by atomic mass is 32.1. The maximum Gasteiger partial charge on any atom is 0.253 e. The smallest absolute Gasteiger partial charge is 0.253 e. The summed E-state index contributed by atoms with van der Waals surface area (Å²) in [4.78, 5) is 19.1. The number of nitrogens with zero attached hydrogens (tertiary/aromatic N) is 2. The van der Waals surface area contributed by atoms with Crippen molar-refractivity contribution in [3.63, 3.8) is 0 Å². The number of benzene rings is 1. The molecule has 0 saturated carbocycles. The molecular weight excluding hydrogens is 344 g/mol. The molecule has 0 radical (unpaired) electrons. The first-order chi connectivity index (χ1) is 12.5. The summed E-state index contributed by atoms with van der Waals surface area (Å²) in [6.45, 7) is 9.63. The summed E-state index contributed by atoms with van der Waals surface area (Å²) in [5.41, 5.74) is 1.66. The highest BCUT2D eigenvalue weighted by molar-refractivity contribution is 7.13. The van der Waals surface area contributed by atoms with Crippen LogP contribution in [0.2, 0.25) is 0 Å². The van der Waals surface area contributed by atoms with E-state index in [1.807, 2.05) is 29.2 Å². The maximum absolute atomic E-state index is 12.6. The lowest BCUT2D eigenvalue weighted by Gasteiger charge is -2.30. The second kappa shape index (κ2) is 7.87. The third-order valence-electron chi connectivity index (χ3n) is 4.75. The maximum atomic E-state index is 12.6. The molecule has 2 aromatic rings. The molecule has 1 aliphatic heterocycles. The Morgan fingerprint density at radius 1 is 1.31 bits per heavy atom. The van der Waals surface area contributed by atoms with E-state index in [0.29, 0.717) is 16.8 Å². The largest absolute Gasteiger partial charge is 0.508 e. The summed E-state index contributed by atoms with van der Waals surface area (Å²) in [5, 5.41) is 11.1. The molecule has 0 atom stereocenters. The molecule has 3 rings (SSSR count). The van der Waals surface area contributed by atoms with E-state index in [4.69, 9.17) is 0 Å². The Morgan fingerprint density at radius 2 is 1.96 bits per heavy atom. The van der Waals surface area contributed by atoms with Crippen LogP contribution in [0.25, 0.3) is 23.2 Å². The highest BCUT2D eigenvalue weighted by Gasteiger charge is 2.21. The summed E-state index contributed by atoms with van der Waals surface area (Å²) in [6, 6.07) is 7.59. The number of amides is 1. The highest BCUT2D eigenvalue weighted by Crippen LogP contribution is 2.21. The summed E-state index contributed by atoms with van der Waals surface area (Å²) in [7, 11) is 0. The van der Waals surface area contributed by atoms with Crippen LogP contribution in [0.15, 0.2) is 36.1 Å². The van der Waals surface area contributed by atoms with Crippen molar-refractivity contribution in [3.05, 3.63) is 51.5 Å². The van der Waals surface area contributed by atoms with Gasteiger partial charge in [-0.2, -0.15) is 0 Å². The molecule has 5 heteroatoms. The fraction of sp³-hybridized carbons (Fsp3) is 0.333. The number of hydrogen-bond donors (Lipinski definition) is 1. The lowest BCUT2D eigenvalue weighted by atomic mass is 9.98. The molecule has 1 fully saturated rings. The fourth-order valence-corrected chi connectivity index (χ4v) is 3.93. The van der Waals surface area contributed by atoms with Crippen LogP contribution >= 0.6 is 11.3 Å². The zero-order chi connectivity index (χ0) is 18.7. The lowest BCUT2D eigenvalue weighted by Crippen LogP contribution is -2.37. The third-order valence-corrected chi connectivity index (χ3v) is 5.85. The predicted molar refractivity (Wildman–Crippen MR) is 107 cm³/mol. The van der Waals surface area contributed by atoms with Crippen LogP contribution in [-0.2, 0) is 0 Å². The van der Waals surface area contributed by atoms with Crippen LogP contribution in [0.3, 0.4) is 0 Å². The van der Waals surface area contributed by atoms with Crippen molar-refractivity contribution in [1.29, 1.82) is 0 Å². The number of rotatable bonds is 3. The minimum absolute atomic E-state index is 0.104. The average molecular weight is 369 g/mol. The molecule has 1 amide bonds.